The third-order valence-corrected chi connectivity index (χ3v) is 2.83. The lowest BCUT2D eigenvalue weighted by atomic mass is 10.2. The molecule has 0 bridgehead atoms. The van der Waals surface area contributed by atoms with Crippen LogP contribution >= 0.6 is 23.8 Å². The molecule has 0 spiro atoms. The van der Waals surface area contributed by atoms with Gasteiger partial charge in [-0.15, -0.1) is 0 Å². The number of anilines is 1. The second-order valence-corrected chi connectivity index (χ2v) is 4.57. The first-order chi connectivity index (χ1) is 8.93. The molecule has 5 nitrogen and oxygen atoms in total. The van der Waals surface area contributed by atoms with Crippen molar-refractivity contribution >= 4 is 40.6 Å². The molecule has 1 aromatic carbocycles. The summed E-state index contributed by atoms with van der Waals surface area (Å²) in [6, 6.07) is 5.35. The fourth-order valence-electron chi connectivity index (χ4n) is 1.37. The van der Waals surface area contributed by atoms with E-state index in [0.717, 1.165) is 11.3 Å². The van der Waals surface area contributed by atoms with Crippen LogP contribution in [0.5, 0.6) is 0 Å². The standard InChI is InChI=1S/C12H15ClN2O3S/c1-3-15(18-7-11(16)17)12(19)14-10-5-4-9(13)6-8(10)2/h4-6H,3,7H2,1-2H3,(H,14,19)(H,16,17). The van der Waals surface area contributed by atoms with E-state index in [1.54, 1.807) is 18.2 Å². The SMILES string of the molecule is CCN(OCC(=O)O)C(=S)Nc1ccc(Cl)cc1C. The molecule has 19 heavy (non-hydrogen) atoms. The van der Waals surface area contributed by atoms with Crippen molar-refractivity contribution in [2.45, 2.75) is 13.8 Å². The van der Waals surface area contributed by atoms with Crippen molar-refractivity contribution in [1.29, 1.82) is 0 Å². The minimum absolute atomic E-state index is 0.300. The highest BCUT2D eigenvalue weighted by Gasteiger charge is 2.11. The Bertz CT molecular complexity index is 482. The van der Waals surface area contributed by atoms with E-state index in [-0.39, 0.29) is 0 Å². The number of benzene rings is 1. The van der Waals surface area contributed by atoms with E-state index in [1.807, 2.05) is 13.8 Å². The Labute approximate surface area is 122 Å². The molecule has 0 aliphatic carbocycles. The van der Waals surface area contributed by atoms with E-state index in [1.165, 1.54) is 5.06 Å². The molecule has 0 saturated heterocycles. The molecule has 0 amide bonds. The normalized spacial score (nSPS) is 10.1. The fourth-order valence-corrected chi connectivity index (χ4v) is 1.89. The van der Waals surface area contributed by atoms with Gasteiger partial charge in [0.15, 0.2) is 11.7 Å². The van der Waals surface area contributed by atoms with Gasteiger partial charge < -0.3 is 10.4 Å². The first-order valence-electron chi connectivity index (χ1n) is 5.63. The maximum atomic E-state index is 10.5. The molecule has 1 aromatic rings. The van der Waals surface area contributed by atoms with Crippen molar-refractivity contribution in [3.05, 3.63) is 28.8 Å². The maximum Gasteiger partial charge on any atom is 0.332 e. The number of hydroxylamine groups is 2. The van der Waals surface area contributed by atoms with Crippen molar-refractivity contribution in [3.8, 4) is 0 Å². The predicted octanol–water partition coefficient (Wildman–Crippen LogP) is 2.68. The first kappa shape index (κ1) is 15.7. The maximum absolute atomic E-state index is 10.5. The van der Waals surface area contributed by atoms with Crippen LogP contribution in [0.3, 0.4) is 0 Å². The van der Waals surface area contributed by atoms with E-state index < -0.39 is 12.6 Å². The Balaban J connectivity index is 2.68. The van der Waals surface area contributed by atoms with Crippen LogP contribution < -0.4 is 5.32 Å². The number of aryl methyl sites for hydroxylation is 1. The zero-order chi connectivity index (χ0) is 14.4. The molecule has 2 N–H and O–H groups in total. The minimum Gasteiger partial charge on any atom is -0.479 e. The number of carbonyl (C=O) groups is 1. The lowest BCUT2D eigenvalue weighted by molar-refractivity contribution is -0.158. The number of carboxylic acid groups (broad SMARTS) is 1. The number of carboxylic acids is 1. The molecule has 7 heteroatoms. The van der Waals surface area contributed by atoms with Crippen LogP contribution in [0.15, 0.2) is 18.2 Å². The van der Waals surface area contributed by atoms with Crippen LogP contribution in [0, 0.1) is 6.92 Å². The molecule has 0 radical (unpaired) electrons. The van der Waals surface area contributed by atoms with Crippen LogP contribution in [0.4, 0.5) is 5.69 Å². The molecule has 0 aliphatic rings. The zero-order valence-corrected chi connectivity index (χ0v) is 12.2. The van der Waals surface area contributed by atoms with Gasteiger partial charge in [0.25, 0.3) is 0 Å². The van der Waals surface area contributed by atoms with Crippen molar-refractivity contribution in [2.24, 2.45) is 0 Å². The molecular formula is C12H15ClN2O3S. The average molecular weight is 303 g/mol. The summed E-state index contributed by atoms with van der Waals surface area (Å²) in [4.78, 5) is 15.5. The fraction of sp³-hybridized carbons (Fsp3) is 0.333. The van der Waals surface area contributed by atoms with Crippen LogP contribution in [0.25, 0.3) is 0 Å². The molecule has 0 atom stereocenters. The van der Waals surface area contributed by atoms with Crippen LogP contribution in [-0.4, -0.2) is 34.4 Å². The summed E-state index contributed by atoms with van der Waals surface area (Å²) in [5.74, 6) is -1.05. The quantitative estimate of drug-likeness (QED) is 0.644. The number of aliphatic carboxylic acids is 1. The third-order valence-electron chi connectivity index (χ3n) is 2.29. The molecule has 104 valence electrons. The van der Waals surface area contributed by atoms with Gasteiger partial charge in [-0.3, -0.25) is 4.84 Å². The monoisotopic (exact) mass is 302 g/mol. The molecule has 1 rings (SSSR count). The van der Waals surface area contributed by atoms with Gasteiger partial charge in [-0.05, 0) is 49.8 Å². The number of nitrogens with one attached hydrogen (secondary N) is 1. The molecule has 0 fully saturated rings. The van der Waals surface area contributed by atoms with Crippen molar-refractivity contribution in [2.75, 3.05) is 18.5 Å². The number of hydrogen-bond acceptors (Lipinski definition) is 3. The molecule has 0 aliphatic heterocycles. The van der Waals surface area contributed by atoms with E-state index in [0.29, 0.717) is 16.7 Å². The summed E-state index contributed by atoms with van der Waals surface area (Å²) in [5, 5.41) is 13.8. The topological polar surface area (TPSA) is 61.8 Å². The second-order valence-electron chi connectivity index (χ2n) is 3.75. The van der Waals surface area contributed by atoms with E-state index in [4.69, 9.17) is 33.8 Å². The van der Waals surface area contributed by atoms with Gasteiger partial charge in [0, 0.05) is 17.3 Å². The Morgan fingerprint density at radius 2 is 2.26 bits per heavy atom. The summed E-state index contributed by atoms with van der Waals surface area (Å²) in [7, 11) is 0. The van der Waals surface area contributed by atoms with Gasteiger partial charge in [-0.2, -0.15) is 0 Å². The van der Waals surface area contributed by atoms with E-state index in [9.17, 15) is 4.79 Å². The Morgan fingerprint density at radius 1 is 1.58 bits per heavy atom. The molecule has 0 heterocycles. The number of halogens is 1. The summed E-state index contributed by atoms with van der Waals surface area (Å²) in [6.45, 7) is 3.71. The Kier molecular flexibility index (Phi) is 6.01. The third kappa shape index (κ3) is 5.02. The number of hydrogen-bond donors (Lipinski definition) is 2. The summed E-state index contributed by atoms with van der Waals surface area (Å²) in [6.07, 6.45) is 0. The summed E-state index contributed by atoms with van der Waals surface area (Å²) >= 11 is 11.0. The van der Waals surface area contributed by atoms with Gasteiger partial charge in [0.1, 0.15) is 0 Å². The van der Waals surface area contributed by atoms with Gasteiger partial charge in [0.2, 0.25) is 0 Å². The van der Waals surface area contributed by atoms with Crippen molar-refractivity contribution in [1.82, 2.24) is 5.06 Å². The lowest BCUT2D eigenvalue weighted by Crippen LogP contribution is -2.36. The highest BCUT2D eigenvalue weighted by atomic mass is 35.5. The Morgan fingerprint density at radius 3 is 2.79 bits per heavy atom. The number of nitrogens with zero attached hydrogens (tertiary/aromatic N) is 1. The lowest BCUT2D eigenvalue weighted by Gasteiger charge is -2.23. The summed E-state index contributed by atoms with van der Waals surface area (Å²) < 4.78 is 0. The predicted molar refractivity (Wildman–Crippen MR) is 78.4 cm³/mol. The van der Waals surface area contributed by atoms with Gasteiger partial charge >= 0.3 is 5.97 Å². The molecular weight excluding hydrogens is 288 g/mol. The van der Waals surface area contributed by atoms with E-state index in [2.05, 4.69) is 5.32 Å². The van der Waals surface area contributed by atoms with Crippen LogP contribution in [-0.2, 0) is 9.63 Å². The minimum atomic E-state index is -1.05. The second kappa shape index (κ2) is 7.28. The first-order valence-corrected chi connectivity index (χ1v) is 6.42. The highest BCUT2D eigenvalue weighted by molar-refractivity contribution is 7.80. The number of rotatable bonds is 5. The molecule has 0 unspecified atom stereocenters. The van der Waals surface area contributed by atoms with Crippen molar-refractivity contribution < 1.29 is 14.7 Å². The highest BCUT2D eigenvalue weighted by Crippen LogP contribution is 2.20. The smallest absolute Gasteiger partial charge is 0.332 e. The molecule has 0 aromatic heterocycles. The largest absolute Gasteiger partial charge is 0.479 e. The van der Waals surface area contributed by atoms with Crippen LogP contribution in [0.2, 0.25) is 5.02 Å². The average Bonchev–Trinajstić information content (AvgIpc) is 2.33. The molecule has 0 saturated carbocycles. The number of thiocarbonyl (C=S) groups is 1. The van der Waals surface area contributed by atoms with Crippen molar-refractivity contribution in [3.63, 3.8) is 0 Å². The van der Waals surface area contributed by atoms with Gasteiger partial charge in [-0.25, -0.2) is 9.86 Å². The Hall–Kier alpha value is -1.37. The summed E-state index contributed by atoms with van der Waals surface area (Å²) in [5.41, 5.74) is 1.73. The van der Waals surface area contributed by atoms with Crippen LogP contribution in [0.1, 0.15) is 12.5 Å². The van der Waals surface area contributed by atoms with Gasteiger partial charge in [-0.1, -0.05) is 11.6 Å². The van der Waals surface area contributed by atoms with Gasteiger partial charge in [0.05, 0.1) is 0 Å². The zero-order valence-electron chi connectivity index (χ0n) is 10.6. The van der Waals surface area contributed by atoms with E-state index >= 15 is 0 Å².